The minimum Gasteiger partial charge on any atom is -0.494 e. The Kier molecular flexibility index (Phi) is 4.12. The lowest BCUT2D eigenvalue weighted by molar-refractivity contribution is 0.382. The van der Waals surface area contributed by atoms with Gasteiger partial charge in [-0.05, 0) is 37.2 Å². The van der Waals surface area contributed by atoms with Gasteiger partial charge in [0.2, 0.25) is 0 Å². The first kappa shape index (κ1) is 13.5. The highest BCUT2D eigenvalue weighted by Gasteiger charge is 2.20. The van der Waals surface area contributed by atoms with Crippen molar-refractivity contribution < 1.29 is 9.13 Å². The number of pyridine rings is 1. The van der Waals surface area contributed by atoms with Gasteiger partial charge in [0.05, 0.1) is 13.2 Å². The molecule has 0 spiro atoms. The fraction of sp³-hybridized carbons (Fsp3) is 0.267. The largest absolute Gasteiger partial charge is 0.494 e. The van der Waals surface area contributed by atoms with Gasteiger partial charge in [0, 0.05) is 18.0 Å². The molecule has 4 heteroatoms. The number of methoxy groups -OCH3 is 1. The SMILES string of the molecule is CNC(c1cnccc1C)c1cccc(OC)c1F. The molecule has 1 aromatic heterocycles. The summed E-state index contributed by atoms with van der Waals surface area (Å²) in [5.41, 5.74) is 2.58. The van der Waals surface area contributed by atoms with Gasteiger partial charge in [-0.25, -0.2) is 4.39 Å². The maximum Gasteiger partial charge on any atom is 0.170 e. The maximum absolute atomic E-state index is 14.3. The van der Waals surface area contributed by atoms with Crippen molar-refractivity contribution >= 4 is 0 Å². The molecular weight excluding hydrogens is 243 g/mol. The molecule has 2 aromatic rings. The van der Waals surface area contributed by atoms with Crippen LogP contribution in [0.15, 0.2) is 36.7 Å². The van der Waals surface area contributed by atoms with Gasteiger partial charge < -0.3 is 10.1 Å². The number of nitrogens with zero attached hydrogens (tertiary/aromatic N) is 1. The third-order valence-corrected chi connectivity index (χ3v) is 3.20. The van der Waals surface area contributed by atoms with Gasteiger partial charge in [-0.15, -0.1) is 0 Å². The van der Waals surface area contributed by atoms with E-state index in [0.717, 1.165) is 11.1 Å². The average Bonchev–Trinajstić information content (AvgIpc) is 2.43. The van der Waals surface area contributed by atoms with Gasteiger partial charge in [0.25, 0.3) is 0 Å². The molecule has 0 amide bonds. The number of halogens is 1. The number of ether oxygens (including phenoxy) is 1. The van der Waals surface area contributed by atoms with Crippen LogP contribution in [-0.2, 0) is 0 Å². The van der Waals surface area contributed by atoms with E-state index in [0.29, 0.717) is 5.56 Å². The zero-order valence-corrected chi connectivity index (χ0v) is 11.3. The number of aromatic nitrogens is 1. The van der Waals surface area contributed by atoms with Gasteiger partial charge in [0.1, 0.15) is 0 Å². The molecule has 1 heterocycles. The van der Waals surface area contributed by atoms with Crippen molar-refractivity contribution in [2.75, 3.05) is 14.2 Å². The van der Waals surface area contributed by atoms with Crippen LogP contribution in [0.4, 0.5) is 4.39 Å². The van der Waals surface area contributed by atoms with E-state index < -0.39 is 0 Å². The predicted molar refractivity (Wildman–Crippen MR) is 72.8 cm³/mol. The van der Waals surface area contributed by atoms with Crippen molar-refractivity contribution in [3.63, 3.8) is 0 Å². The van der Waals surface area contributed by atoms with Crippen molar-refractivity contribution in [1.82, 2.24) is 10.3 Å². The Morgan fingerprint density at radius 1 is 1.26 bits per heavy atom. The van der Waals surface area contributed by atoms with Gasteiger partial charge >= 0.3 is 0 Å². The Hall–Kier alpha value is -1.94. The molecule has 3 nitrogen and oxygen atoms in total. The molecule has 0 fully saturated rings. The molecule has 0 radical (unpaired) electrons. The molecular formula is C15H17FN2O. The number of hydrogen-bond donors (Lipinski definition) is 1. The molecule has 1 unspecified atom stereocenters. The van der Waals surface area contributed by atoms with E-state index in [9.17, 15) is 4.39 Å². The minimum absolute atomic E-state index is 0.246. The van der Waals surface area contributed by atoms with Crippen molar-refractivity contribution in [2.24, 2.45) is 0 Å². The van der Waals surface area contributed by atoms with Gasteiger partial charge in [-0.1, -0.05) is 12.1 Å². The van der Waals surface area contributed by atoms with Gasteiger partial charge in [-0.2, -0.15) is 0 Å². The molecule has 2 rings (SSSR count). The Morgan fingerprint density at radius 2 is 2.05 bits per heavy atom. The molecule has 1 atom stereocenters. The van der Waals surface area contributed by atoms with Crippen LogP contribution < -0.4 is 10.1 Å². The number of hydrogen-bond acceptors (Lipinski definition) is 3. The first-order valence-corrected chi connectivity index (χ1v) is 6.09. The van der Waals surface area contributed by atoms with E-state index in [4.69, 9.17) is 4.74 Å². The quantitative estimate of drug-likeness (QED) is 0.918. The standard InChI is InChI=1S/C15H17FN2O/c1-10-7-8-18-9-12(10)15(17-2)11-5-4-6-13(19-3)14(11)16/h4-9,15,17H,1-3H3. The summed E-state index contributed by atoms with van der Waals surface area (Å²) in [6.45, 7) is 1.99. The highest BCUT2D eigenvalue weighted by Crippen LogP contribution is 2.30. The lowest BCUT2D eigenvalue weighted by Crippen LogP contribution is -2.20. The maximum atomic E-state index is 14.3. The van der Waals surface area contributed by atoms with Gasteiger partial charge in [-0.3, -0.25) is 4.98 Å². The smallest absolute Gasteiger partial charge is 0.170 e. The molecule has 100 valence electrons. The fourth-order valence-electron chi connectivity index (χ4n) is 2.17. The molecule has 1 aromatic carbocycles. The number of nitrogens with one attached hydrogen (secondary N) is 1. The van der Waals surface area contributed by atoms with E-state index in [1.54, 1.807) is 37.6 Å². The second kappa shape index (κ2) is 5.80. The Bertz CT molecular complexity index is 572. The van der Waals surface area contributed by atoms with Crippen molar-refractivity contribution in [3.8, 4) is 5.75 Å². The lowest BCUT2D eigenvalue weighted by Gasteiger charge is -2.20. The summed E-state index contributed by atoms with van der Waals surface area (Å²) in [5.74, 6) is -0.0908. The van der Waals surface area contributed by atoms with E-state index in [1.807, 2.05) is 13.0 Å². The topological polar surface area (TPSA) is 34.2 Å². The highest BCUT2D eigenvalue weighted by molar-refractivity contribution is 5.39. The fourth-order valence-corrected chi connectivity index (χ4v) is 2.17. The van der Waals surface area contributed by atoms with Gasteiger partial charge in [0.15, 0.2) is 11.6 Å². The van der Waals surface area contributed by atoms with E-state index >= 15 is 0 Å². The summed E-state index contributed by atoms with van der Waals surface area (Å²) in [6.07, 6.45) is 3.49. The molecule has 0 bridgehead atoms. The summed E-state index contributed by atoms with van der Waals surface area (Å²) in [6, 6.07) is 6.82. The van der Waals surface area contributed by atoms with Crippen LogP contribution >= 0.6 is 0 Å². The second-order valence-electron chi connectivity index (χ2n) is 4.32. The van der Waals surface area contributed by atoms with Crippen molar-refractivity contribution in [1.29, 1.82) is 0 Å². The first-order chi connectivity index (χ1) is 9.19. The zero-order chi connectivity index (χ0) is 13.8. The van der Waals surface area contributed by atoms with Crippen LogP contribution in [0.3, 0.4) is 0 Å². The molecule has 0 aliphatic carbocycles. The molecule has 0 saturated heterocycles. The molecule has 0 aliphatic heterocycles. The number of aryl methyl sites for hydroxylation is 1. The Labute approximate surface area is 112 Å². The third kappa shape index (κ3) is 2.58. The van der Waals surface area contributed by atoms with Crippen LogP contribution in [0.1, 0.15) is 22.7 Å². The summed E-state index contributed by atoms with van der Waals surface area (Å²) in [5, 5.41) is 3.13. The van der Waals surface area contributed by atoms with Crippen LogP contribution in [0.25, 0.3) is 0 Å². The second-order valence-corrected chi connectivity index (χ2v) is 4.32. The normalized spacial score (nSPS) is 12.2. The van der Waals surface area contributed by atoms with E-state index in [2.05, 4.69) is 10.3 Å². The summed E-state index contributed by atoms with van der Waals surface area (Å²) < 4.78 is 19.4. The van der Waals surface area contributed by atoms with Crippen LogP contribution in [0.5, 0.6) is 5.75 Å². The molecule has 0 aliphatic rings. The lowest BCUT2D eigenvalue weighted by atomic mass is 9.96. The third-order valence-electron chi connectivity index (χ3n) is 3.20. The van der Waals surface area contributed by atoms with Crippen molar-refractivity contribution in [2.45, 2.75) is 13.0 Å². The molecule has 0 saturated carbocycles. The van der Waals surface area contributed by atoms with E-state index in [1.165, 1.54) is 7.11 Å². The monoisotopic (exact) mass is 260 g/mol. The Balaban J connectivity index is 2.52. The van der Waals surface area contributed by atoms with E-state index in [-0.39, 0.29) is 17.6 Å². The first-order valence-electron chi connectivity index (χ1n) is 6.09. The molecule has 1 N–H and O–H groups in total. The van der Waals surface area contributed by atoms with Crippen LogP contribution in [0.2, 0.25) is 0 Å². The minimum atomic E-state index is -0.340. The van der Waals surface area contributed by atoms with Crippen LogP contribution in [-0.4, -0.2) is 19.1 Å². The summed E-state index contributed by atoms with van der Waals surface area (Å²) in [7, 11) is 3.27. The zero-order valence-electron chi connectivity index (χ0n) is 11.3. The molecule has 19 heavy (non-hydrogen) atoms. The highest BCUT2D eigenvalue weighted by atomic mass is 19.1. The predicted octanol–water partition coefficient (Wildman–Crippen LogP) is 2.85. The summed E-state index contributed by atoms with van der Waals surface area (Å²) >= 11 is 0. The Morgan fingerprint density at radius 3 is 2.68 bits per heavy atom. The average molecular weight is 260 g/mol. The van der Waals surface area contributed by atoms with Crippen molar-refractivity contribution in [3.05, 3.63) is 59.2 Å². The number of benzene rings is 1. The van der Waals surface area contributed by atoms with Crippen LogP contribution in [0, 0.1) is 12.7 Å². The number of rotatable bonds is 4. The summed E-state index contributed by atoms with van der Waals surface area (Å²) in [4.78, 5) is 4.12.